The second kappa shape index (κ2) is 7.73. The van der Waals surface area contributed by atoms with Gasteiger partial charge in [-0.3, -0.25) is 9.78 Å². The third-order valence-corrected chi connectivity index (χ3v) is 3.12. The van der Waals surface area contributed by atoms with Crippen molar-refractivity contribution in [2.75, 3.05) is 13.7 Å². The molecule has 0 fully saturated rings. The summed E-state index contributed by atoms with van der Waals surface area (Å²) in [5.41, 5.74) is 0.634. The van der Waals surface area contributed by atoms with Gasteiger partial charge in [-0.15, -0.1) is 0 Å². The summed E-state index contributed by atoms with van der Waals surface area (Å²) in [7, 11) is 1.48. The molecule has 7 heteroatoms. The van der Waals surface area contributed by atoms with Gasteiger partial charge >= 0.3 is 0 Å². The van der Waals surface area contributed by atoms with Crippen LogP contribution in [0.5, 0.6) is 0 Å². The number of rotatable bonds is 6. The highest BCUT2D eigenvalue weighted by atomic mass is 19.2. The lowest BCUT2D eigenvalue weighted by atomic mass is 10.1. The normalized spacial score (nSPS) is 12.0. The number of carbonyl (C=O) groups excluding carboxylic acids is 1. The summed E-state index contributed by atoms with van der Waals surface area (Å²) in [5, 5.41) is 2.67. The van der Waals surface area contributed by atoms with E-state index in [1.807, 2.05) is 0 Å². The average Bonchev–Trinajstić information content (AvgIpc) is 2.53. The maximum atomic E-state index is 13.2. The van der Waals surface area contributed by atoms with E-state index >= 15 is 0 Å². The highest BCUT2D eigenvalue weighted by molar-refractivity contribution is 5.79. The molecule has 0 saturated heterocycles. The van der Waals surface area contributed by atoms with Crippen LogP contribution in [0.15, 0.2) is 36.5 Å². The minimum Gasteiger partial charge on any atom is -0.382 e. The Labute approximate surface area is 131 Å². The summed E-state index contributed by atoms with van der Waals surface area (Å²) < 4.78 is 44.3. The van der Waals surface area contributed by atoms with Gasteiger partial charge in [0.2, 0.25) is 5.91 Å². The summed E-state index contributed by atoms with van der Waals surface area (Å²) in [6.45, 7) is 0.189. The van der Waals surface area contributed by atoms with Gasteiger partial charge in [-0.1, -0.05) is 6.07 Å². The number of halogens is 3. The van der Waals surface area contributed by atoms with Crippen molar-refractivity contribution in [3.63, 3.8) is 0 Å². The molecule has 0 aliphatic carbocycles. The zero-order chi connectivity index (χ0) is 16.8. The molecule has 1 N–H and O–H groups in total. The zero-order valence-corrected chi connectivity index (χ0v) is 12.4. The minimum absolute atomic E-state index is 0.0380. The lowest BCUT2D eigenvalue weighted by Gasteiger charge is -2.17. The van der Waals surface area contributed by atoms with Gasteiger partial charge in [-0.05, 0) is 29.8 Å². The van der Waals surface area contributed by atoms with Crippen molar-refractivity contribution in [2.45, 2.75) is 12.5 Å². The standard InChI is InChI=1S/C16H15F3N2O2/c1-23-9-14(13-4-2-3-5-20-13)21-15(22)8-10-6-11(17)16(19)12(18)7-10/h2-7,14H,8-9H2,1H3,(H,21,22)/t14-/m0/s1. The molecule has 2 rings (SSSR count). The minimum atomic E-state index is -1.56. The number of nitrogens with one attached hydrogen (secondary N) is 1. The first kappa shape index (κ1) is 17.0. The second-order valence-corrected chi connectivity index (χ2v) is 4.88. The van der Waals surface area contributed by atoms with E-state index in [4.69, 9.17) is 4.74 Å². The fourth-order valence-electron chi connectivity index (χ4n) is 2.09. The molecule has 1 aromatic heterocycles. The van der Waals surface area contributed by atoms with Crippen LogP contribution in [-0.2, 0) is 16.0 Å². The van der Waals surface area contributed by atoms with Crippen LogP contribution in [0.1, 0.15) is 17.3 Å². The van der Waals surface area contributed by atoms with E-state index in [1.165, 1.54) is 7.11 Å². The number of nitrogens with zero attached hydrogens (tertiary/aromatic N) is 1. The maximum Gasteiger partial charge on any atom is 0.225 e. The molecule has 1 heterocycles. The number of benzene rings is 1. The SMILES string of the molecule is COC[C@H](NC(=O)Cc1cc(F)c(F)c(F)c1)c1ccccn1. The fourth-order valence-corrected chi connectivity index (χ4v) is 2.09. The molecular weight excluding hydrogens is 309 g/mol. The highest BCUT2D eigenvalue weighted by Crippen LogP contribution is 2.15. The summed E-state index contributed by atoms with van der Waals surface area (Å²) in [5.74, 6) is -4.69. The summed E-state index contributed by atoms with van der Waals surface area (Å²) in [6.07, 6.45) is 1.29. The van der Waals surface area contributed by atoms with Crippen LogP contribution in [0, 0.1) is 17.5 Å². The van der Waals surface area contributed by atoms with Gasteiger partial charge in [0.25, 0.3) is 0 Å². The molecule has 0 radical (unpaired) electrons. The Hall–Kier alpha value is -2.41. The Balaban J connectivity index is 2.08. The van der Waals surface area contributed by atoms with Crippen LogP contribution >= 0.6 is 0 Å². The van der Waals surface area contributed by atoms with Crippen molar-refractivity contribution in [2.24, 2.45) is 0 Å². The van der Waals surface area contributed by atoms with Gasteiger partial charge in [0.05, 0.1) is 24.8 Å². The lowest BCUT2D eigenvalue weighted by Crippen LogP contribution is -2.33. The van der Waals surface area contributed by atoms with Crippen LogP contribution in [-0.4, -0.2) is 24.6 Å². The van der Waals surface area contributed by atoms with E-state index in [0.29, 0.717) is 5.69 Å². The van der Waals surface area contributed by atoms with Crippen LogP contribution in [0.3, 0.4) is 0 Å². The molecule has 0 spiro atoms. The van der Waals surface area contributed by atoms with Crippen LogP contribution in [0.25, 0.3) is 0 Å². The third kappa shape index (κ3) is 4.53. The van der Waals surface area contributed by atoms with Crippen molar-refractivity contribution in [1.29, 1.82) is 0 Å². The van der Waals surface area contributed by atoms with Gasteiger partial charge in [0.15, 0.2) is 17.5 Å². The Morgan fingerprint density at radius 2 is 1.96 bits per heavy atom. The van der Waals surface area contributed by atoms with Gasteiger partial charge < -0.3 is 10.1 Å². The molecule has 0 aliphatic rings. The van der Waals surface area contributed by atoms with Crippen molar-refractivity contribution in [3.8, 4) is 0 Å². The molecule has 1 atom stereocenters. The zero-order valence-electron chi connectivity index (χ0n) is 12.4. The number of aromatic nitrogens is 1. The Morgan fingerprint density at radius 3 is 2.52 bits per heavy atom. The molecule has 0 aliphatic heterocycles. The summed E-state index contributed by atoms with van der Waals surface area (Å²) >= 11 is 0. The van der Waals surface area contributed by atoms with Gasteiger partial charge in [0, 0.05) is 13.3 Å². The molecule has 0 unspecified atom stereocenters. The quantitative estimate of drug-likeness (QED) is 0.831. The van der Waals surface area contributed by atoms with Crippen molar-refractivity contribution in [3.05, 3.63) is 65.2 Å². The van der Waals surface area contributed by atoms with Crippen molar-refractivity contribution in [1.82, 2.24) is 10.3 Å². The number of methoxy groups -OCH3 is 1. The number of pyridine rings is 1. The monoisotopic (exact) mass is 324 g/mol. The molecule has 23 heavy (non-hydrogen) atoms. The number of amides is 1. The second-order valence-electron chi connectivity index (χ2n) is 4.88. The third-order valence-electron chi connectivity index (χ3n) is 3.12. The predicted molar refractivity (Wildman–Crippen MR) is 77.0 cm³/mol. The molecule has 0 saturated carbocycles. The van der Waals surface area contributed by atoms with E-state index in [1.54, 1.807) is 24.4 Å². The number of hydrogen-bond donors (Lipinski definition) is 1. The number of ether oxygens (including phenoxy) is 1. The van der Waals surface area contributed by atoms with Gasteiger partial charge in [-0.25, -0.2) is 13.2 Å². The first-order chi connectivity index (χ1) is 11.0. The Kier molecular flexibility index (Phi) is 5.70. The predicted octanol–water partition coefficient (Wildman–Crippen LogP) is 2.55. The van der Waals surface area contributed by atoms with E-state index in [-0.39, 0.29) is 18.6 Å². The molecule has 2 aromatic rings. The highest BCUT2D eigenvalue weighted by Gasteiger charge is 2.17. The summed E-state index contributed by atoms with van der Waals surface area (Å²) in [4.78, 5) is 16.2. The first-order valence-electron chi connectivity index (χ1n) is 6.84. The Morgan fingerprint density at radius 1 is 1.26 bits per heavy atom. The Bertz CT molecular complexity index is 657. The molecular formula is C16H15F3N2O2. The maximum absolute atomic E-state index is 13.2. The van der Waals surface area contributed by atoms with Crippen molar-refractivity contribution < 1.29 is 22.7 Å². The van der Waals surface area contributed by atoms with Crippen LogP contribution in [0.4, 0.5) is 13.2 Å². The van der Waals surface area contributed by atoms with E-state index in [0.717, 1.165) is 12.1 Å². The van der Waals surface area contributed by atoms with E-state index in [2.05, 4.69) is 10.3 Å². The molecule has 1 amide bonds. The fraction of sp³-hybridized carbons (Fsp3) is 0.250. The molecule has 0 bridgehead atoms. The van der Waals surface area contributed by atoms with Gasteiger partial charge in [0.1, 0.15) is 0 Å². The lowest BCUT2D eigenvalue weighted by molar-refractivity contribution is -0.121. The molecule has 1 aromatic carbocycles. The summed E-state index contributed by atoms with van der Waals surface area (Å²) in [6, 6.07) is 6.32. The number of hydrogen-bond acceptors (Lipinski definition) is 3. The number of carbonyl (C=O) groups is 1. The smallest absolute Gasteiger partial charge is 0.225 e. The van der Waals surface area contributed by atoms with Crippen LogP contribution in [0.2, 0.25) is 0 Å². The van der Waals surface area contributed by atoms with Gasteiger partial charge in [-0.2, -0.15) is 0 Å². The first-order valence-corrected chi connectivity index (χ1v) is 6.84. The largest absolute Gasteiger partial charge is 0.382 e. The molecule has 4 nitrogen and oxygen atoms in total. The van der Waals surface area contributed by atoms with E-state index in [9.17, 15) is 18.0 Å². The average molecular weight is 324 g/mol. The van der Waals surface area contributed by atoms with Crippen LogP contribution < -0.4 is 5.32 Å². The molecule has 122 valence electrons. The van der Waals surface area contributed by atoms with Crippen molar-refractivity contribution >= 4 is 5.91 Å². The van der Waals surface area contributed by atoms with E-state index < -0.39 is 29.4 Å². The topological polar surface area (TPSA) is 51.2 Å².